The minimum Gasteiger partial charge on any atom is -0.476 e. The summed E-state index contributed by atoms with van der Waals surface area (Å²) in [7, 11) is 0. The third-order valence-corrected chi connectivity index (χ3v) is 3.41. The van der Waals surface area contributed by atoms with Crippen LogP contribution in [0.4, 0.5) is 5.82 Å². The second-order valence-corrected chi connectivity index (χ2v) is 4.80. The van der Waals surface area contributed by atoms with E-state index in [2.05, 4.69) is 20.3 Å². The number of hydrogen-bond acceptors (Lipinski definition) is 6. The van der Waals surface area contributed by atoms with Crippen LogP contribution in [0.2, 0.25) is 0 Å². The Morgan fingerprint density at radius 3 is 3.00 bits per heavy atom. The first-order chi connectivity index (χ1) is 9.19. The number of anilines is 1. The molecule has 0 aliphatic rings. The van der Waals surface area contributed by atoms with Gasteiger partial charge in [0.25, 0.3) is 0 Å². The lowest BCUT2D eigenvalue weighted by molar-refractivity contribution is 0.0691. The molecule has 100 valence electrons. The fraction of sp³-hybridized carbons (Fsp3) is 0.333. The first-order valence-corrected chi connectivity index (χ1v) is 6.79. The molecule has 7 heteroatoms. The monoisotopic (exact) mass is 278 g/mol. The Morgan fingerprint density at radius 2 is 2.32 bits per heavy atom. The number of nitrogens with one attached hydrogen (secondary N) is 1. The highest BCUT2D eigenvalue weighted by atomic mass is 32.1. The van der Waals surface area contributed by atoms with Crippen LogP contribution >= 0.6 is 11.3 Å². The zero-order valence-corrected chi connectivity index (χ0v) is 11.3. The summed E-state index contributed by atoms with van der Waals surface area (Å²) in [5.74, 6) is -0.208. The molecule has 2 heterocycles. The van der Waals surface area contributed by atoms with E-state index >= 15 is 0 Å². The molecule has 2 aromatic heterocycles. The molecule has 2 N–H and O–H groups in total. The maximum Gasteiger partial charge on any atom is 0.355 e. The molecule has 2 rings (SSSR count). The van der Waals surface area contributed by atoms with Gasteiger partial charge < -0.3 is 10.4 Å². The minimum atomic E-state index is -0.987. The summed E-state index contributed by atoms with van der Waals surface area (Å²) < 4.78 is 0. The van der Waals surface area contributed by atoms with Gasteiger partial charge in [0.2, 0.25) is 0 Å². The van der Waals surface area contributed by atoms with E-state index in [0.717, 1.165) is 22.9 Å². The molecule has 0 atom stereocenters. The lowest BCUT2D eigenvalue weighted by atomic mass is 10.3. The highest BCUT2D eigenvalue weighted by Crippen LogP contribution is 2.11. The molecule has 2 aromatic rings. The van der Waals surface area contributed by atoms with Crippen molar-refractivity contribution in [3.05, 3.63) is 34.2 Å². The zero-order valence-electron chi connectivity index (χ0n) is 10.5. The van der Waals surface area contributed by atoms with Crippen molar-refractivity contribution in [3.63, 3.8) is 0 Å². The van der Waals surface area contributed by atoms with Crippen LogP contribution in [0.15, 0.2) is 17.8 Å². The molecule has 0 unspecified atom stereocenters. The number of carboxylic acids is 1. The van der Waals surface area contributed by atoms with Crippen LogP contribution in [0.25, 0.3) is 0 Å². The van der Waals surface area contributed by atoms with E-state index in [1.807, 2.05) is 13.0 Å². The molecule has 0 aliphatic heterocycles. The largest absolute Gasteiger partial charge is 0.476 e. The number of rotatable bonds is 6. The summed E-state index contributed by atoms with van der Waals surface area (Å²) in [6.45, 7) is 2.70. The highest BCUT2D eigenvalue weighted by Gasteiger charge is 2.08. The molecule has 0 saturated carbocycles. The van der Waals surface area contributed by atoms with Crippen LogP contribution in [-0.4, -0.2) is 32.6 Å². The Balaban J connectivity index is 1.86. The van der Waals surface area contributed by atoms with E-state index in [9.17, 15) is 4.79 Å². The summed E-state index contributed by atoms with van der Waals surface area (Å²) >= 11 is 1.36. The van der Waals surface area contributed by atoms with Crippen molar-refractivity contribution in [1.82, 2.24) is 15.0 Å². The number of aromatic nitrogens is 3. The number of hydrogen-bond donors (Lipinski definition) is 2. The number of nitrogens with zero attached hydrogens (tertiary/aromatic N) is 3. The summed E-state index contributed by atoms with van der Waals surface area (Å²) in [6.07, 6.45) is 3.07. The predicted molar refractivity (Wildman–Crippen MR) is 72.7 cm³/mol. The van der Waals surface area contributed by atoms with E-state index in [4.69, 9.17) is 5.11 Å². The zero-order chi connectivity index (χ0) is 13.7. The molecular weight excluding hydrogens is 264 g/mol. The molecule has 0 spiro atoms. The lowest BCUT2D eigenvalue weighted by Crippen LogP contribution is -2.07. The second-order valence-electron chi connectivity index (χ2n) is 3.86. The van der Waals surface area contributed by atoms with E-state index in [0.29, 0.717) is 13.0 Å². The number of carboxylic acid groups (broad SMARTS) is 1. The van der Waals surface area contributed by atoms with Gasteiger partial charge >= 0.3 is 5.97 Å². The molecule has 0 aliphatic carbocycles. The van der Waals surface area contributed by atoms with Gasteiger partial charge in [0.05, 0.1) is 5.01 Å². The second kappa shape index (κ2) is 6.24. The smallest absolute Gasteiger partial charge is 0.355 e. The lowest BCUT2D eigenvalue weighted by Gasteiger charge is -2.04. The molecule has 0 bridgehead atoms. The van der Waals surface area contributed by atoms with Crippen LogP contribution in [0.3, 0.4) is 0 Å². The van der Waals surface area contributed by atoms with Crippen LogP contribution in [-0.2, 0) is 12.8 Å². The van der Waals surface area contributed by atoms with Crippen molar-refractivity contribution in [3.8, 4) is 0 Å². The van der Waals surface area contributed by atoms with Gasteiger partial charge in [-0.25, -0.2) is 19.7 Å². The van der Waals surface area contributed by atoms with E-state index < -0.39 is 5.97 Å². The summed E-state index contributed by atoms with van der Waals surface area (Å²) in [4.78, 5) is 23.0. The van der Waals surface area contributed by atoms with Crippen LogP contribution in [0.5, 0.6) is 0 Å². The highest BCUT2D eigenvalue weighted by molar-refractivity contribution is 7.09. The topological polar surface area (TPSA) is 88.0 Å². The molecule has 0 radical (unpaired) electrons. The van der Waals surface area contributed by atoms with Gasteiger partial charge in [0.1, 0.15) is 12.1 Å². The summed E-state index contributed by atoms with van der Waals surface area (Å²) in [6, 6.07) is 1.91. The van der Waals surface area contributed by atoms with Gasteiger partial charge in [0, 0.05) is 30.1 Å². The minimum absolute atomic E-state index is 0.107. The number of carbonyl (C=O) groups is 1. The van der Waals surface area contributed by atoms with Crippen molar-refractivity contribution >= 4 is 23.1 Å². The maximum absolute atomic E-state index is 10.7. The average Bonchev–Trinajstić information content (AvgIpc) is 2.88. The first kappa shape index (κ1) is 13.4. The van der Waals surface area contributed by atoms with Crippen molar-refractivity contribution in [2.45, 2.75) is 19.8 Å². The number of thiazole rings is 1. The summed E-state index contributed by atoms with van der Waals surface area (Å²) in [5.41, 5.74) is 1.09. The molecular formula is C12H14N4O2S. The maximum atomic E-state index is 10.7. The standard InChI is InChI=1S/C12H14N4O2S/c1-2-8-5-10(15-7-14-8)13-4-3-11-16-9(6-19-11)12(17)18/h5-7H,2-4H2,1H3,(H,17,18)(H,13,14,15). The molecule has 0 amide bonds. The normalized spacial score (nSPS) is 10.4. The Kier molecular flexibility index (Phi) is 4.40. The number of aromatic carboxylic acids is 1. The molecule has 0 saturated heterocycles. The van der Waals surface area contributed by atoms with Crippen LogP contribution < -0.4 is 5.32 Å². The molecule has 6 nitrogen and oxygen atoms in total. The molecule has 19 heavy (non-hydrogen) atoms. The SMILES string of the molecule is CCc1cc(NCCc2nc(C(=O)O)cs2)ncn1. The van der Waals surface area contributed by atoms with Crippen LogP contribution in [0, 0.1) is 0 Å². The van der Waals surface area contributed by atoms with E-state index in [1.54, 1.807) is 5.38 Å². The van der Waals surface area contributed by atoms with Gasteiger partial charge in [-0.2, -0.15) is 0 Å². The fourth-order valence-corrected chi connectivity index (χ4v) is 2.28. The third kappa shape index (κ3) is 3.72. The Hall–Kier alpha value is -2.02. The average molecular weight is 278 g/mol. The Bertz CT molecular complexity index is 570. The quantitative estimate of drug-likeness (QED) is 0.838. The van der Waals surface area contributed by atoms with Gasteiger partial charge in [-0.1, -0.05) is 6.92 Å². The van der Waals surface area contributed by atoms with E-state index in [-0.39, 0.29) is 5.69 Å². The van der Waals surface area contributed by atoms with Gasteiger partial charge in [-0.05, 0) is 6.42 Å². The first-order valence-electron chi connectivity index (χ1n) is 5.91. The van der Waals surface area contributed by atoms with Gasteiger partial charge in [0.15, 0.2) is 5.69 Å². The van der Waals surface area contributed by atoms with Gasteiger partial charge in [-0.3, -0.25) is 0 Å². The third-order valence-electron chi connectivity index (χ3n) is 2.50. The van der Waals surface area contributed by atoms with Crippen molar-refractivity contribution in [2.75, 3.05) is 11.9 Å². The Labute approximate surface area is 114 Å². The molecule has 0 fully saturated rings. The fourth-order valence-electron chi connectivity index (χ4n) is 1.51. The van der Waals surface area contributed by atoms with Crippen molar-refractivity contribution in [2.24, 2.45) is 0 Å². The van der Waals surface area contributed by atoms with Crippen molar-refractivity contribution in [1.29, 1.82) is 0 Å². The van der Waals surface area contributed by atoms with Crippen LogP contribution in [0.1, 0.15) is 28.1 Å². The number of aryl methyl sites for hydroxylation is 1. The van der Waals surface area contributed by atoms with Crippen molar-refractivity contribution < 1.29 is 9.90 Å². The Morgan fingerprint density at radius 1 is 1.47 bits per heavy atom. The van der Waals surface area contributed by atoms with Gasteiger partial charge in [-0.15, -0.1) is 11.3 Å². The van der Waals surface area contributed by atoms with E-state index in [1.165, 1.54) is 17.7 Å². The summed E-state index contributed by atoms with van der Waals surface area (Å²) in [5, 5.41) is 14.3. The molecule has 0 aromatic carbocycles. The predicted octanol–water partition coefficient (Wildman–Crippen LogP) is 1.85.